The second kappa shape index (κ2) is 22.0. The minimum atomic E-state index is -1.29. The molecule has 1 aromatic heterocycles. The molecule has 0 saturated carbocycles. The molecule has 0 bridgehead atoms. The van der Waals surface area contributed by atoms with Gasteiger partial charge in [0, 0.05) is 31.7 Å². The molecule has 1 heterocycles. The van der Waals surface area contributed by atoms with Gasteiger partial charge in [0.05, 0.1) is 5.56 Å². The van der Waals surface area contributed by atoms with E-state index < -0.39 is 71.6 Å². The Balaban J connectivity index is 1.43. The zero-order valence-corrected chi connectivity index (χ0v) is 35.7. The number of carbonyl (C=O) groups is 6. The lowest BCUT2D eigenvalue weighted by atomic mass is 9.98. The molecule has 15 nitrogen and oxygen atoms in total. The van der Waals surface area contributed by atoms with Crippen molar-refractivity contribution in [2.75, 3.05) is 0 Å². The fraction of sp³-hybridized carbons (Fsp3) is 0.312. The number of primary amides is 1. The predicted molar refractivity (Wildman–Crippen MR) is 238 cm³/mol. The Hall–Kier alpha value is -7.29. The van der Waals surface area contributed by atoms with Gasteiger partial charge in [0.25, 0.3) is 5.91 Å². The van der Waals surface area contributed by atoms with Crippen LogP contribution < -0.4 is 32.3 Å². The second-order valence-corrected chi connectivity index (χ2v) is 16.3. The number of phenols is 2. The first-order valence-corrected chi connectivity index (χ1v) is 20.8. The summed E-state index contributed by atoms with van der Waals surface area (Å²) in [5.74, 6) is -5.05. The van der Waals surface area contributed by atoms with Crippen LogP contribution in [0.25, 0.3) is 10.8 Å². The van der Waals surface area contributed by atoms with Crippen molar-refractivity contribution in [2.45, 2.75) is 83.6 Å². The number of hydrogen-bond acceptors (Lipinski definition) is 9. The van der Waals surface area contributed by atoms with E-state index in [-0.39, 0.29) is 42.2 Å². The molecule has 63 heavy (non-hydrogen) atoms. The van der Waals surface area contributed by atoms with Crippen LogP contribution in [0.2, 0.25) is 0 Å². The average molecular weight is 858 g/mol. The van der Waals surface area contributed by atoms with Crippen molar-refractivity contribution in [1.29, 1.82) is 0 Å². The van der Waals surface area contributed by atoms with E-state index in [9.17, 15) is 39.0 Å². The summed E-state index contributed by atoms with van der Waals surface area (Å²) in [4.78, 5) is 86.9. The fourth-order valence-electron chi connectivity index (χ4n) is 7.09. The number of rotatable bonds is 20. The van der Waals surface area contributed by atoms with E-state index in [1.807, 2.05) is 13.8 Å². The molecule has 0 radical (unpaired) electrons. The number of benzene rings is 4. The molecular weight excluding hydrogens is 803 g/mol. The van der Waals surface area contributed by atoms with Crippen LogP contribution in [0.15, 0.2) is 116 Å². The van der Waals surface area contributed by atoms with E-state index in [0.717, 1.165) is 0 Å². The Morgan fingerprint density at radius 3 is 1.62 bits per heavy atom. The van der Waals surface area contributed by atoms with Crippen molar-refractivity contribution in [3.05, 3.63) is 138 Å². The van der Waals surface area contributed by atoms with Gasteiger partial charge in [0.2, 0.25) is 29.5 Å². The number of phenolic OH excluding ortho intramolecular Hbond substituents is 2. The number of nitrogens with zero attached hydrogens (tertiary/aromatic N) is 1. The quantitative estimate of drug-likeness (QED) is 0.0570. The molecular formula is C48H55N7O8. The maximum atomic E-state index is 14.5. The Labute approximate surface area is 366 Å². The lowest BCUT2D eigenvalue weighted by Crippen LogP contribution is -2.60. The van der Waals surface area contributed by atoms with Crippen LogP contribution in [0.1, 0.15) is 61.2 Å². The summed E-state index contributed by atoms with van der Waals surface area (Å²) in [5.41, 5.74) is 7.41. The third-order valence-electron chi connectivity index (χ3n) is 10.4. The number of fused-ring (bicyclic) bond motifs is 1. The Morgan fingerprint density at radius 1 is 0.571 bits per heavy atom. The largest absolute Gasteiger partial charge is 0.508 e. The van der Waals surface area contributed by atoms with E-state index in [4.69, 9.17) is 5.73 Å². The summed E-state index contributed by atoms with van der Waals surface area (Å²) in [6.45, 7) is 7.23. The van der Waals surface area contributed by atoms with E-state index in [1.165, 1.54) is 30.5 Å². The number of pyridine rings is 1. The highest BCUT2D eigenvalue weighted by Crippen LogP contribution is 2.28. The summed E-state index contributed by atoms with van der Waals surface area (Å²) in [5, 5.41) is 35.7. The molecule has 6 amide bonds. The highest BCUT2D eigenvalue weighted by atomic mass is 16.3. The SMILES string of the molecule is CC(C)C[C@@H](NC(=O)[C@H](NC(=O)[C@@H](Cc1ccccc1)NC(=O)[C@@H](Cc1ccccc1)NC(=O)[C@@H](Cc1cccnc1)NC(=O)c1cc2cc(O)ccc2cc1O)C(C)C)C(N)=O. The molecule has 9 N–H and O–H groups in total. The smallest absolute Gasteiger partial charge is 0.255 e. The summed E-state index contributed by atoms with van der Waals surface area (Å²) in [7, 11) is 0. The van der Waals surface area contributed by atoms with Crippen LogP contribution in [0.4, 0.5) is 0 Å². The molecule has 5 atom stereocenters. The van der Waals surface area contributed by atoms with Gasteiger partial charge in [-0.3, -0.25) is 33.8 Å². The number of nitrogens with two attached hydrogens (primary N) is 1. The minimum Gasteiger partial charge on any atom is -0.508 e. The molecule has 15 heteroatoms. The Morgan fingerprint density at radius 2 is 1.10 bits per heavy atom. The molecule has 5 rings (SSSR count). The van der Waals surface area contributed by atoms with Crippen LogP contribution >= 0.6 is 0 Å². The van der Waals surface area contributed by atoms with Gasteiger partial charge in [0.15, 0.2) is 0 Å². The Bertz CT molecular complexity index is 2380. The highest BCUT2D eigenvalue weighted by Gasteiger charge is 2.34. The lowest BCUT2D eigenvalue weighted by Gasteiger charge is -2.28. The number of hydrogen-bond donors (Lipinski definition) is 8. The topological polar surface area (TPSA) is 242 Å². The van der Waals surface area contributed by atoms with Crippen molar-refractivity contribution in [1.82, 2.24) is 31.6 Å². The maximum absolute atomic E-state index is 14.5. The van der Waals surface area contributed by atoms with Gasteiger partial charge in [-0.1, -0.05) is 100 Å². The van der Waals surface area contributed by atoms with Crippen LogP contribution in [0.5, 0.6) is 11.5 Å². The van der Waals surface area contributed by atoms with Crippen LogP contribution in [0.3, 0.4) is 0 Å². The molecule has 0 spiro atoms. The molecule has 0 saturated heterocycles. The summed E-state index contributed by atoms with van der Waals surface area (Å²) < 4.78 is 0. The van der Waals surface area contributed by atoms with Gasteiger partial charge in [-0.05, 0) is 76.1 Å². The molecule has 330 valence electrons. The molecule has 0 aliphatic heterocycles. The summed E-state index contributed by atoms with van der Waals surface area (Å²) >= 11 is 0. The van der Waals surface area contributed by atoms with E-state index in [1.54, 1.807) is 98.9 Å². The fourth-order valence-corrected chi connectivity index (χ4v) is 7.09. The number of aromatic hydroxyl groups is 2. The number of nitrogens with one attached hydrogen (secondary N) is 5. The zero-order chi connectivity index (χ0) is 45.6. The summed E-state index contributed by atoms with van der Waals surface area (Å²) in [6, 6.07) is 22.6. The summed E-state index contributed by atoms with van der Waals surface area (Å²) in [6.07, 6.45) is 3.34. The second-order valence-electron chi connectivity index (χ2n) is 16.3. The van der Waals surface area contributed by atoms with Crippen LogP contribution in [0, 0.1) is 11.8 Å². The number of aromatic nitrogens is 1. The molecule has 0 aliphatic rings. The molecule has 0 fully saturated rings. The van der Waals surface area contributed by atoms with Gasteiger partial charge in [-0.15, -0.1) is 0 Å². The van der Waals surface area contributed by atoms with Crippen molar-refractivity contribution >= 4 is 46.2 Å². The number of amides is 6. The van der Waals surface area contributed by atoms with Crippen LogP contribution in [-0.2, 0) is 43.2 Å². The van der Waals surface area contributed by atoms with E-state index in [0.29, 0.717) is 33.9 Å². The van der Waals surface area contributed by atoms with Crippen molar-refractivity contribution in [2.24, 2.45) is 17.6 Å². The molecule has 0 unspecified atom stereocenters. The third kappa shape index (κ3) is 13.6. The first-order chi connectivity index (χ1) is 30.1. The van der Waals surface area contributed by atoms with Gasteiger partial charge >= 0.3 is 0 Å². The molecule has 5 aromatic rings. The van der Waals surface area contributed by atoms with Gasteiger partial charge in [-0.2, -0.15) is 0 Å². The van der Waals surface area contributed by atoms with E-state index >= 15 is 0 Å². The van der Waals surface area contributed by atoms with Crippen LogP contribution in [-0.4, -0.2) is 80.8 Å². The first-order valence-electron chi connectivity index (χ1n) is 20.8. The third-order valence-corrected chi connectivity index (χ3v) is 10.4. The maximum Gasteiger partial charge on any atom is 0.255 e. The van der Waals surface area contributed by atoms with Gasteiger partial charge in [-0.25, -0.2) is 0 Å². The van der Waals surface area contributed by atoms with Crippen molar-refractivity contribution < 1.29 is 39.0 Å². The molecule has 0 aliphatic carbocycles. The standard InChI is InChI=1S/C48H55N7O8/c1-28(2)20-37(43(49)58)51-48(63)42(29(3)4)55-47(62)39(22-31-14-9-6-10-15-31)54-45(60)38(21-30-12-7-5-8-13-30)53-46(61)40(23-32-16-11-19-50-27-32)52-44(59)36-25-34-24-35(56)18-17-33(34)26-41(36)57/h5-19,24-29,37-40,42,56-57H,20-23H2,1-4H3,(H2,49,58)(H,51,63)(H,52,59)(H,53,61)(H,54,60)(H,55,62)/t37-,38-,39-,40-,42-/m1/s1. The van der Waals surface area contributed by atoms with Crippen molar-refractivity contribution in [3.8, 4) is 11.5 Å². The monoisotopic (exact) mass is 857 g/mol. The average Bonchev–Trinajstić information content (AvgIpc) is 3.25. The highest BCUT2D eigenvalue weighted by molar-refractivity contribution is 6.04. The predicted octanol–water partition coefficient (Wildman–Crippen LogP) is 3.60. The normalized spacial score (nSPS) is 13.6. The van der Waals surface area contributed by atoms with Gasteiger partial charge in [0.1, 0.15) is 41.7 Å². The van der Waals surface area contributed by atoms with Crippen molar-refractivity contribution in [3.63, 3.8) is 0 Å². The minimum absolute atomic E-state index is 0.0119. The number of carbonyl (C=O) groups excluding carboxylic acids is 6. The zero-order valence-electron chi connectivity index (χ0n) is 35.7. The first kappa shape index (κ1) is 46.8. The van der Waals surface area contributed by atoms with Gasteiger partial charge < -0.3 is 42.5 Å². The molecule has 4 aromatic carbocycles. The van der Waals surface area contributed by atoms with E-state index in [2.05, 4.69) is 31.6 Å². The Kier molecular flexibility index (Phi) is 16.3. The lowest BCUT2D eigenvalue weighted by molar-refractivity contribution is -0.135.